The molecule has 1 amide bonds. The lowest BCUT2D eigenvalue weighted by molar-refractivity contribution is -0.140. The Hall–Kier alpha value is -3.79. The van der Waals surface area contributed by atoms with Crippen molar-refractivity contribution in [1.29, 1.82) is 0 Å². The summed E-state index contributed by atoms with van der Waals surface area (Å²) in [5, 5.41) is 4.88. The van der Waals surface area contributed by atoms with Gasteiger partial charge in [-0.15, -0.1) is 0 Å². The third-order valence-corrected chi connectivity index (χ3v) is 6.45. The van der Waals surface area contributed by atoms with Gasteiger partial charge < -0.3 is 24.7 Å². The van der Waals surface area contributed by atoms with Crippen LogP contribution >= 0.6 is 11.8 Å². The summed E-state index contributed by atoms with van der Waals surface area (Å²) >= 11 is 1.08. The Labute approximate surface area is 199 Å². The standard InChI is InChI=1S/C24H23N5O4S/c1-32-20-12-17-19(13-21(20)33-9-2-7-29-8-10-34-24(31)23(29)30)26-14-27-22(17)28-16-3-4-18-15(11-16)5-6-25-18/h3-6,11-14,25H,2,7-10H2,1H3,(H,26,27,28). The molecule has 0 aliphatic carbocycles. The maximum atomic E-state index is 11.9. The molecule has 1 saturated heterocycles. The molecule has 0 spiro atoms. The molecule has 0 atom stereocenters. The molecular formula is C24H23N5O4S. The lowest BCUT2D eigenvalue weighted by Crippen LogP contribution is -2.42. The second kappa shape index (κ2) is 9.60. The smallest absolute Gasteiger partial charge is 0.301 e. The van der Waals surface area contributed by atoms with Gasteiger partial charge in [-0.25, -0.2) is 9.97 Å². The van der Waals surface area contributed by atoms with Crippen molar-refractivity contribution in [3.05, 3.63) is 48.9 Å². The third-order valence-electron chi connectivity index (χ3n) is 5.62. The number of anilines is 2. The van der Waals surface area contributed by atoms with Gasteiger partial charge in [0.25, 0.3) is 5.12 Å². The van der Waals surface area contributed by atoms with Gasteiger partial charge in [-0.1, -0.05) is 11.8 Å². The van der Waals surface area contributed by atoms with E-state index in [1.165, 1.54) is 6.33 Å². The van der Waals surface area contributed by atoms with Crippen LogP contribution in [0.1, 0.15) is 6.42 Å². The summed E-state index contributed by atoms with van der Waals surface area (Å²) in [5.74, 6) is 2.00. The molecule has 1 aliphatic heterocycles. The highest BCUT2D eigenvalue weighted by Crippen LogP contribution is 2.35. The quantitative estimate of drug-likeness (QED) is 0.292. The van der Waals surface area contributed by atoms with Crippen LogP contribution in [0.4, 0.5) is 11.5 Å². The largest absolute Gasteiger partial charge is 0.493 e. The zero-order chi connectivity index (χ0) is 23.5. The minimum Gasteiger partial charge on any atom is -0.493 e. The number of H-pyrrole nitrogens is 1. The van der Waals surface area contributed by atoms with E-state index < -0.39 is 5.91 Å². The molecule has 10 heteroatoms. The number of methoxy groups -OCH3 is 1. The Balaban J connectivity index is 1.30. The van der Waals surface area contributed by atoms with Gasteiger partial charge in [0.1, 0.15) is 12.1 Å². The van der Waals surface area contributed by atoms with Crippen molar-refractivity contribution in [2.24, 2.45) is 0 Å². The maximum absolute atomic E-state index is 11.9. The summed E-state index contributed by atoms with van der Waals surface area (Å²) in [4.78, 5) is 37.1. The highest BCUT2D eigenvalue weighted by molar-refractivity contribution is 8.15. The van der Waals surface area contributed by atoms with Gasteiger partial charge in [0, 0.05) is 53.1 Å². The number of fused-ring (bicyclic) bond motifs is 2. The number of amides is 1. The summed E-state index contributed by atoms with van der Waals surface area (Å²) in [7, 11) is 1.58. The number of rotatable bonds is 8. The first kappa shape index (κ1) is 22.0. The zero-order valence-corrected chi connectivity index (χ0v) is 19.4. The van der Waals surface area contributed by atoms with Gasteiger partial charge >= 0.3 is 5.91 Å². The Morgan fingerprint density at radius 1 is 1.15 bits per heavy atom. The average Bonchev–Trinajstić information content (AvgIpc) is 3.32. The van der Waals surface area contributed by atoms with E-state index in [1.807, 2.05) is 42.6 Å². The molecule has 2 aromatic carbocycles. The number of hydrogen-bond donors (Lipinski definition) is 2. The summed E-state index contributed by atoms with van der Waals surface area (Å²) in [5.41, 5.74) is 2.69. The molecule has 5 rings (SSSR count). The van der Waals surface area contributed by atoms with Crippen LogP contribution in [0.15, 0.2) is 48.9 Å². The van der Waals surface area contributed by atoms with Crippen LogP contribution in [0.3, 0.4) is 0 Å². The second-order valence-corrected chi connectivity index (χ2v) is 8.85. The lowest BCUT2D eigenvalue weighted by atomic mass is 10.2. The predicted octanol–water partition coefficient (Wildman–Crippen LogP) is 3.73. The Bertz CT molecular complexity index is 1370. The van der Waals surface area contributed by atoms with E-state index in [4.69, 9.17) is 9.47 Å². The Morgan fingerprint density at radius 3 is 2.94 bits per heavy atom. The summed E-state index contributed by atoms with van der Waals surface area (Å²) in [6, 6.07) is 11.7. The van der Waals surface area contributed by atoms with Crippen molar-refractivity contribution in [3.63, 3.8) is 0 Å². The SMILES string of the molecule is COc1cc2c(Nc3ccc4[nH]ccc4c3)ncnc2cc1OCCCN1CCSC(=O)C1=O. The number of benzene rings is 2. The van der Waals surface area contributed by atoms with Gasteiger partial charge in [-0.05, 0) is 36.8 Å². The van der Waals surface area contributed by atoms with Gasteiger partial charge in [-0.3, -0.25) is 9.59 Å². The van der Waals surface area contributed by atoms with Crippen LogP contribution in [0.2, 0.25) is 0 Å². The monoisotopic (exact) mass is 477 g/mol. The molecule has 2 aromatic heterocycles. The molecule has 1 aliphatic rings. The molecule has 9 nitrogen and oxygen atoms in total. The Kier molecular flexibility index (Phi) is 6.22. The number of aromatic nitrogens is 3. The fourth-order valence-electron chi connectivity index (χ4n) is 3.90. The average molecular weight is 478 g/mol. The summed E-state index contributed by atoms with van der Waals surface area (Å²) in [6.45, 7) is 1.43. The van der Waals surface area contributed by atoms with Gasteiger partial charge in [0.05, 0.1) is 19.2 Å². The molecule has 2 N–H and O–H groups in total. The summed E-state index contributed by atoms with van der Waals surface area (Å²) in [6.07, 6.45) is 4.01. The molecule has 3 heterocycles. The Morgan fingerprint density at radius 2 is 2.06 bits per heavy atom. The van der Waals surface area contributed by atoms with Crippen LogP contribution in [0.25, 0.3) is 21.8 Å². The normalized spacial score (nSPS) is 14.1. The van der Waals surface area contributed by atoms with E-state index in [2.05, 4.69) is 20.3 Å². The molecule has 1 fully saturated rings. The van der Waals surface area contributed by atoms with E-state index >= 15 is 0 Å². The zero-order valence-electron chi connectivity index (χ0n) is 18.5. The maximum Gasteiger partial charge on any atom is 0.301 e. The second-order valence-electron chi connectivity index (χ2n) is 7.78. The number of nitrogens with one attached hydrogen (secondary N) is 2. The molecule has 0 saturated carbocycles. The fourth-order valence-corrected chi connectivity index (χ4v) is 4.65. The fraction of sp³-hybridized carbons (Fsp3) is 0.250. The minimum absolute atomic E-state index is 0.375. The molecule has 174 valence electrons. The first-order valence-corrected chi connectivity index (χ1v) is 11.9. The number of aromatic amines is 1. The van der Waals surface area contributed by atoms with Crippen LogP contribution in [0, 0.1) is 0 Å². The van der Waals surface area contributed by atoms with Crippen molar-refractivity contribution >= 4 is 56.1 Å². The van der Waals surface area contributed by atoms with E-state index in [0.29, 0.717) is 54.7 Å². The number of thioether (sulfide) groups is 1. The first-order valence-electron chi connectivity index (χ1n) is 10.9. The minimum atomic E-state index is -0.424. The van der Waals surface area contributed by atoms with Crippen molar-refractivity contribution in [2.75, 3.05) is 37.9 Å². The van der Waals surface area contributed by atoms with E-state index in [1.54, 1.807) is 12.0 Å². The highest BCUT2D eigenvalue weighted by Gasteiger charge is 2.26. The number of ether oxygens (including phenoxy) is 2. The van der Waals surface area contributed by atoms with E-state index in [-0.39, 0.29) is 5.12 Å². The van der Waals surface area contributed by atoms with Crippen LogP contribution in [0.5, 0.6) is 11.5 Å². The van der Waals surface area contributed by atoms with Crippen LogP contribution < -0.4 is 14.8 Å². The van der Waals surface area contributed by atoms with Gasteiger partial charge in [-0.2, -0.15) is 0 Å². The van der Waals surface area contributed by atoms with Gasteiger partial charge in [0.15, 0.2) is 11.5 Å². The molecule has 34 heavy (non-hydrogen) atoms. The molecule has 0 radical (unpaired) electrons. The molecule has 0 bridgehead atoms. The number of nitrogens with zero attached hydrogens (tertiary/aromatic N) is 3. The van der Waals surface area contributed by atoms with E-state index in [0.717, 1.165) is 33.7 Å². The topological polar surface area (TPSA) is 109 Å². The van der Waals surface area contributed by atoms with Crippen LogP contribution in [-0.4, -0.2) is 63.4 Å². The number of carbonyl (C=O) groups is 2. The van der Waals surface area contributed by atoms with Crippen molar-refractivity contribution in [1.82, 2.24) is 19.9 Å². The molecular weight excluding hydrogens is 454 g/mol. The number of hydrogen-bond acceptors (Lipinski definition) is 8. The first-order chi connectivity index (χ1) is 16.6. The highest BCUT2D eigenvalue weighted by atomic mass is 32.2. The molecule has 4 aromatic rings. The summed E-state index contributed by atoms with van der Waals surface area (Å²) < 4.78 is 11.5. The third kappa shape index (κ3) is 4.49. The molecule has 0 unspecified atom stereocenters. The lowest BCUT2D eigenvalue weighted by Gasteiger charge is -2.25. The van der Waals surface area contributed by atoms with Crippen molar-refractivity contribution in [2.45, 2.75) is 6.42 Å². The van der Waals surface area contributed by atoms with Crippen molar-refractivity contribution < 1.29 is 19.1 Å². The predicted molar refractivity (Wildman–Crippen MR) is 132 cm³/mol. The van der Waals surface area contributed by atoms with Gasteiger partial charge in [0.2, 0.25) is 0 Å². The van der Waals surface area contributed by atoms with Crippen LogP contribution in [-0.2, 0) is 9.59 Å². The van der Waals surface area contributed by atoms with Crippen molar-refractivity contribution in [3.8, 4) is 11.5 Å². The van der Waals surface area contributed by atoms with E-state index in [9.17, 15) is 9.59 Å². The number of carbonyl (C=O) groups excluding carboxylic acids is 2.